The summed E-state index contributed by atoms with van der Waals surface area (Å²) in [7, 11) is 0. The second kappa shape index (κ2) is 13.2. The molecule has 2 heterocycles. The van der Waals surface area contributed by atoms with Crippen LogP contribution < -0.4 is 15.4 Å². The van der Waals surface area contributed by atoms with E-state index in [1.807, 2.05) is 12.4 Å². The lowest BCUT2D eigenvalue weighted by atomic mass is 10.1. The van der Waals surface area contributed by atoms with Gasteiger partial charge in [0.1, 0.15) is 18.1 Å². The topological polar surface area (TPSA) is 63.5 Å². The second-order valence-corrected chi connectivity index (χ2v) is 8.04. The van der Waals surface area contributed by atoms with Crippen LogP contribution in [0.3, 0.4) is 0 Å². The summed E-state index contributed by atoms with van der Waals surface area (Å²) in [4.78, 5) is 9.29. The van der Waals surface area contributed by atoms with Crippen molar-refractivity contribution in [2.24, 2.45) is 4.99 Å². The quantitative estimate of drug-likeness (QED) is 0.220. The summed E-state index contributed by atoms with van der Waals surface area (Å²) in [6, 6.07) is 17.1. The van der Waals surface area contributed by atoms with Gasteiger partial charge in [0.2, 0.25) is 0 Å². The molecule has 0 amide bonds. The van der Waals surface area contributed by atoms with Gasteiger partial charge in [-0.25, -0.2) is 9.98 Å². The molecule has 0 aliphatic carbocycles. The van der Waals surface area contributed by atoms with E-state index in [-0.39, 0.29) is 24.0 Å². The van der Waals surface area contributed by atoms with Crippen molar-refractivity contribution < 1.29 is 4.74 Å². The molecule has 6 nitrogen and oxygen atoms in total. The Morgan fingerprint density at radius 1 is 1.09 bits per heavy atom. The van der Waals surface area contributed by atoms with Crippen molar-refractivity contribution in [1.82, 2.24) is 20.2 Å². The molecule has 0 bridgehead atoms. The number of ether oxygens (including phenoxy) is 1. The third-order valence-electron chi connectivity index (χ3n) is 5.69. The van der Waals surface area contributed by atoms with Crippen molar-refractivity contribution in [3.05, 3.63) is 83.4 Å². The van der Waals surface area contributed by atoms with Crippen LogP contribution in [0.15, 0.2) is 65.9 Å². The van der Waals surface area contributed by atoms with E-state index in [0.29, 0.717) is 6.54 Å². The second-order valence-electron chi connectivity index (χ2n) is 8.04. The van der Waals surface area contributed by atoms with Crippen molar-refractivity contribution >= 4 is 29.9 Å². The summed E-state index contributed by atoms with van der Waals surface area (Å²) in [5.74, 6) is 2.86. The first-order valence-corrected chi connectivity index (χ1v) is 11.6. The van der Waals surface area contributed by atoms with Crippen molar-refractivity contribution in [1.29, 1.82) is 0 Å². The van der Waals surface area contributed by atoms with E-state index >= 15 is 0 Å². The Balaban J connectivity index is 0.00000306. The van der Waals surface area contributed by atoms with Crippen LogP contribution in [0, 0.1) is 0 Å². The first kappa shape index (κ1) is 25.1. The SMILES string of the molecule is CCNC(=NCc1nccn1CCCc1ccccc1)NCCc1ccc2c(c1)CCO2.I. The average molecular weight is 559 g/mol. The van der Waals surface area contributed by atoms with Crippen LogP contribution in [0.5, 0.6) is 5.75 Å². The summed E-state index contributed by atoms with van der Waals surface area (Å²) in [5.41, 5.74) is 4.02. The first-order valence-electron chi connectivity index (χ1n) is 11.6. The van der Waals surface area contributed by atoms with Gasteiger partial charge in [0.25, 0.3) is 0 Å². The molecular formula is C26H34IN5O. The van der Waals surface area contributed by atoms with E-state index < -0.39 is 0 Å². The zero-order chi connectivity index (χ0) is 22.0. The molecule has 1 aliphatic heterocycles. The number of aryl methyl sites for hydroxylation is 2. The molecule has 3 aromatic rings. The Labute approximate surface area is 213 Å². The standard InChI is InChI=1S/C26H33N5O.HI/c1-2-27-26(29-14-12-22-10-11-24-23(19-22)13-18-32-24)30-20-25-28-15-17-31(25)16-6-9-21-7-4-3-5-8-21;/h3-5,7-8,10-11,15,17,19H,2,6,9,12-14,16,18,20H2,1H3,(H2,27,29,30);1H. The van der Waals surface area contributed by atoms with Gasteiger partial charge in [0, 0.05) is 38.4 Å². The molecule has 7 heteroatoms. The van der Waals surface area contributed by atoms with Gasteiger partial charge in [0.05, 0.1) is 6.61 Å². The number of fused-ring (bicyclic) bond motifs is 1. The molecule has 0 radical (unpaired) electrons. The summed E-state index contributed by atoms with van der Waals surface area (Å²) in [5, 5.41) is 6.79. The van der Waals surface area contributed by atoms with Gasteiger partial charge in [-0.2, -0.15) is 0 Å². The van der Waals surface area contributed by atoms with Crippen molar-refractivity contribution in [2.45, 2.75) is 45.7 Å². The highest BCUT2D eigenvalue weighted by Gasteiger charge is 2.12. The molecule has 0 saturated carbocycles. The molecule has 0 saturated heterocycles. The molecule has 4 rings (SSSR count). The summed E-state index contributed by atoms with van der Waals surface area (Å²) >= 11 is 0. The number of benzene rings is 2. The molecule has 1 aromatic heterocycles. The molecule has 176 valence electrons. The lowest BCUT2D eigenvalue weighted by molar-refractivity contribution is 0.357. The summed E-state index contributed by atoms with van der Waals surface area (Å²) in [6.45, 7) is 6.05. The molecule has 0 unspecified atom stereocenters. The highest BCUT2D eigenvalue weighted by Crippen LogP contribution is 2.25. The van der Waals surface area contributed by atoms with Crippen LogP contribution in [-0.2, 0) is 32.4 Å². The van der Waals surface area contributed by atoms with E-state index in [9.17, 15) is 0 Å². The van der Waals surface area contributed by atoms with E-state index in [0.717, 1.165) is 69.5 Å². The number of nitrogens with one attached hydrogen (secondary N) is 2. The van der Waals surface area contributed by atoms with Gasteiger partial charge in [-0.3, -0.25) is 0 Å². The van der Waals surface area contributed by atoms with E-state index in [2.05, 4.69) is 75.6 Å². The third-order valence-corrected chi connectivity index (χ3v) is 5.69. The van der Waals surface area contributed by atoms with E-state index in [1.54, 1.807) is 0 Å². The highest BCUT2D eigenvalue weighted by molar-refractivity contribution is 14.0. The summed E-state index contributed by atoms with van der Waals surface area (Å²) in [6.07, 6.45) is 8.03. The third kappa shape index (κ3) is 7.48. The fourth-order valence-electron chi connectivity index (χ4n) is 4.01. The Kier molecular flexibility index (Phi) is 10.1. The van der Waals surface area contributed by atoms with Gasteiger partial charge >= 0.3 is 0 Å². The van der Waals surface area contributed by atoms with Gasteiger partial charge in [-0.1, -0.05) is 42.5 Å². The Bertz CT molecular complexity index is 1020. The maximum absolute atomic E-state index is 5.60. The largest absolute Gasteiger partial charge is 0.493 e. The van der Waals surface area contributed by atoms with Crippen LogP contribution in [0.1, 0.15) is 35.9 Å². The predicted octanol–water partition coefficient (Wildman–Crippen LogP) is 4.37. The molecule has 33 heavy (non-hydrogen) atoms. The first-order chi connectivity index (χ1) is 15.8. The fraction of sp³-hybridized carbons (Fsp3) is 0.385. The molecule has 2 N–H and O–H groups in total. The van der Waals surface area contributed by atoms with Gasteiger partial charge in [-0.05, 0) is 48.9 Å². The number of hydrogen-bond acceptors (Lipinski definition) is 3. The lowest BCUT2D eigenvalue weighted by Crippen LogP contribution is -2.38. The number of hydrogen-bond donors (Lipinski definition) is 2. The van der Waals surface area contributed by atoms with Crippen LogP contribution in [0.2, 0.25) is 0 Å². The predicted molar refractivity (Wildman–Crippen MR) is 145 cm³/mol. The van der Waals surface area contributed by atoms with Crippen molar-refractivity contribution in [2.75, 3.05) is 19.7 Å². The van der Waals surface area contributed by atoms with Crippen LogP contribution in [-0.4, -0.2) is 35.2 Å². The minimum atomic E-state index is 0. The summed E-state index contributed by atoms with van der Waals surface area (Å²) < 4.78 is 7.81. The average Bonchev–Trinajstić information content (AvgIpc) is 3.47. The molecule has 0 fully saturated rings. The fourth-order valence-corrected chi connectivity index (χ4v) is 4.01. The molecule has 1 aliphatic rings. The maximum atomic E-state index is 5.60. The molecule has 0 atom stereocenters. The number of nitrogens with zero attached hydrogens (tertiary/aromatic N) is 3. The van der Waals surface area contributed by atoms with Gasteiger partial charge in [-0.15, -0.1) is 24.0 Å². The number of guanidine groups is 1. The Morgan fingerprint density at radius 3 is 2.82 bits per heavy atom. The normalized spacial score (nSPS) is 12.6. The number of imidazole rings is 1. The lowest BCUT2D eigenvalue weighted by Gasteiger charge is -2.12. The number of aliphatic imine (C=N–C) groups is 1. The van der Waals surface area contributed by atoms with Crippen LogP contribution >= 0.6 is 24.0 Å². The molecule has 2 aromatic carbocycles. The van der Waals surface area contributed by atoms with Gasteiger partial charge in [0.15, 0.2) is 5.96 Å². The zero-order valence-electron chi connectivity index (χ0n) is 19.3. The van der Waals surface area contributed by atoms with Gasteiger partial charge < -0.3 is 19.9 Å². The van der Waals surface area contributed by atoms with Crippen LogP contribution in [0.4, 0.5) is 0 Å². The molecular weight excluding hydrogens is 525 g/mol. The van der Waals surface area contributed by atoms with Crippen molar-refractivity contribution in [3.8, 4) is 5.75 Å². The number of rotatable bonds is 10. The minimum absolute atomic E-state index is 0. The molecule has 0 spiro atoms. The maximum Gasteiger partial charge on any atom is 0.191 e. The number of aromatic nitrogens is 2. The Morgan fingerprint density at radius 2 is 1.97 bits per heavy atom. The number of halogens is 1. The van der Waals surface area contributed by atoms with Crippen LogP contribution in [0.25, 0.3) is 0 Å². The van der Waals surface area contributed by atoms with Crippen molar-refractivity contribution in [3.63, 3.8) is 0 Å². The smallest absolute Gasteiger partial charge is 0.191 e. The Hall–Kier alpha value is -2.55. The monoisotopic (exact) mass is 559 g/mol. The van der Waals surface area contributed by atoms with E-state index in [4.69, 9.17) is 9.73 Å². The zero-order valence-corrected chi connectivity index (χ0v) is 21.6. The van der Waals surface area contributed by atoms with E-state index in [1.165, 1.54) is 16.7 Å². The highest BCUT2D eigenvalue weighted by atomic mass is 127. The minimum Gasteiger partial charge on any atom is -0.493 e.